The average molecular weight is 344 g/mol. The zero-order valence-corrected chi connectivity index (χ0v) is 12.8. The van der Waals surface area contributed by atoms with E-state index in [0.29, 0.717) is 5.88 Å². The Kier molecular flexibility index (Phi) is 5.11. The molecule has 94 valence electrons. The first-order valence-corrected chi connectivity index (χ1v) is 7.46. The number of hydrogen-bond donors (Lipinski definition) is 0. The Balaban J connectivity index is 2.26. The van der Waals surface area contributed by atoms with E-state index < -0.39 is 0 Å². The maximum absolute atomic E-state index is 6.20. The molecule has 0 saturated heterocycles. The van der Waals surface area contributed by atoms with Gasteiger partial charge in [-0.25, -0.2) is 0 Å². The van der Waals surface area contributed by atoms with Gasteiger partial charge < -0.3 is 0 Å². The molecule has 0 fully saturated rings. The van der Waals surface area contributed by atoms with E-state index in [9.17, 15) is 0 Å². The van der Waals surface area contributed by atoms with Gasteiger partial charge in [0, 0.05) is 21.3 Å². The smallest absolute Gasteiger partial charge is 0.0438 e. The lowest BCUT2D eigenvalue weighted by molar-refractivity contribution is 0.762. The van der Waals surface area contributed by atoms with Crippen LogP contribution in [0.5, 0.6) is 0 Å². The van der Waals surface area contributed by atoms with E-state index in [1.165, 1.54) is 5.56 Å². The Morgan fingerprint density at radius 1 is 1.00 bits per heavy atom. The minimum absolute atomic E-state index is 0.266. The van der Waals surface area contributed by atoms with Crippen molar-refractivity contribution in [3.05, 3.63) is 69.2 Å². The fourth-order valence-electron chi connectivity index (χ4n) is 1.98. The van der Waals surface area contributed by atoms with Crippen molar-refractivity contribution in [2.45, 2.75) is 12.3 Å². The maximum atomic E-state index is 6.20. The Bertz CT molecular complexity index is 525. The first kappa shape index (κ1) is 13.9. The van der Waals surface area contributed by atoms with Gasteiger partial charge in [0.1, 0.15) is 0 Å². The molecular weight excluding hydrogens is 331 g/mol. The molecule has 1 unspecified atom stereocenters. The van der Waals surface area contributed by atoms with Crippen molar-refractivity contribution in [2.24, 2.45) is 0 Å². The summed E-state index contributed by atoms with van der Waals surface area (Å²) in [6.45, 7) is 0. The molecule has 0 radical (unpaired) electrons. The van der Waals surface area contributed by atoms with Crippen LogP contribution >= 0.6 is 39.1 Å². The molecule has 0 aliphatic rings. The van der Waals surface area contributed by atoms with E-state index in [2.05, 4.69) is 28.1 Å². The second-order valence-corrected chi connectivity index (χ2v) is 5.74. The Hall–Kier alpha value is -0.500. The molecule has 2 aromatic carbocycles. The third-order valence-electron chi connectivity index (χ3n) is 2.96. The molecule has 0 heterocycles. The van der Waals surface area contributed by atoms with Crippen LogP contribution in [0.4, 0.5) is 0 Å². The van der Waals surface area contributed by atoms with Crippen LogP contribution in [0.3, 0.4) is 0 Å². The second kappa shape index (κ2) is 6.60. The first-order valence-electron chi connectivity index (χ1n) is 5.76. The molecule has 1 atom stereocenters. The van der Waals surface area contributed by atoms with Crippen molar-refractivity contribution < 1.29 is 0 Å². The van der Waals surface area contributed by atoms with Crippen molar-refractivity contribution in [1.29, 1.82) is 0 Å². The number of alkyl halides is 1. The summed E-state index contributed by atoms with van der Waals surface area (Å²) >= 11 is 15.9. The van der Waals surface area contributed by atoms with Crippen LogP contribution in [-0.4, -0.2) is 5.88 Å². The Labute approximate surface area is 126 Å². The summed E-state index contributed by atoms with van der Waals surface area (Å²) in [4.78, 5) is 0. The lowest BCUT2D eigenvalue weighted by atomic mass is 9.93. The molecular formula is C15H13BrCl2. The van der Waals surface area contributed by atoms with Crippen LogP contribution in [-0.2, 0) is 6.42 Å². The molecule has 3 heteroatoms. The highest BCUT2D eigenvalue weighted by atomic mass is 79.9. The van der Waals surface area contributed by atoms with Gasteiger partial charge in [-0.15, -0.1) is 11.6 Å². The van der Waals surface area contributed by atoms with Gasteiger partial charge in [-0.2, -0.15) is 0 Å². The van der Waals surface area contributed by atoms with Gasteiger partial charge in [0.25, 0.3) is 0 Å². The van der Waals surface area contributed by atoms with Gasteiger partial charge in [0.15, 0.2) is 0 Å². The van der Waals surface area contributed by atoms with Crippen molar-refractivity contribution >= 4 is 39.1 Å². The number of halogens is 3. The highest BCUT2D eigenvalue weighted by molar-refractivity contribution is 9.10. The zero-order chi connectivity index (χ0) is 13.0. The lowest BCUT2D eigenvalue weighted by Gasteiger charge is -2.16. The molecule has 0 aliphatic heterocycles. The highest BCUT2D eigenvalue weighted by Crippen LogP contribution is 2.30. The summed E-state index contributed by atoms with van der Waals surface area (Å²) in [5.74, 6) is 0.843. The molecule has 0 nitrogen and oxygen atoms in total. The molecule has 0 bridgehead atoms. The fourth-order valence-corrected chi connectivity index (χ4v) is 3.08. The number of rotatable bonds is 4. The van der Waals surface area contributed by atoms with Crippen LogP contribution in [0, 0.1) is 0 Å². The second-order valence-electron chi connectivity index (χ2n) is 4.17. The van der Waals surface area contributed by atoms with E-state index in [0.717, 1.165) is 21.5 Å². The van der Waals surface area contributed by atoms with Gasteiger partial charge in [-0.05, 0) is 29.7 Å². The molecule has 0 amide bonds. The standard InChI is InChI=1S/C15H13BrCl2/c16-14-7-3-2-6-13(14)12(10-17)9-11-5-1-4-8-15(11)18/h1-8,12H,9-10H2. The largest absolute Gasteiger partial charge is 0.126 e. The summed E-state index contributed by atoms with van der Waals surface area (Å²) in [6, 6.07) is 16.1. The van der Waals surface area contributed by atoms with Gasteiger partial charge in [-0.1, -0.05) is 63.9 Å². The monoisotopic (exact) mass is 342 g/mol. The summed E-state index contributed by atoms with van der Waals surface area (Å²) in [5.41, 5.74) is 2.37. The molecule has 18 heavy (non-hydrogen) atoms. The van der Waals surface area contributed by atoms with Gasteiger partial charge in [-0.3, -0.25) is 0 Å². The van der Waals surface area contributed by atoms with Crippen molar-refractivity contribution in [3.8, 4) is 0 Å². The Morgan fingerprint density at radius 2 is 1.67 bits per heavy atom. The third-order valence-corrected chi connectivity index (χ3v) is 4.42. The summed E-state index contributed by atoms with van der Waals surface area (Å²) < 4.78 is 1.10. The van der Waals surface area contributed by atoms with E-state index >= 15 is 0 Å². The minimum atomic E-state index is 0.266. The van der Waals surface area contributed by atoms with Crippen molar-refractivity contribution in [1.82, 2.24) is 0 Å². The predicted octanol–water partition coefficient (Wildman–Crippen LogP) is 5.67. The zero-order valence-electron chi connectivity index (χ0n) is 9.74. The lowest BCUT2D eigenvalue weighted by Crippen LogP contribution is -2.06. The highest BCUT2D eigenvalue weighted by Gasteiger charge is 2.15. The Morgan fingerprint density at radius 3 is 2.33 bits per heavy atom. The van der Waals surface area contributed by atoms with Gasteiger partial charge in [0.2, 0.25) is 0 Å². The minimum Gasteiger partial charge on any atom is -0.126 e. The SMILES string of the molecule is ClCC(Cc1ccccc1Cl)c1ccccc1Br. The molecule has 0 N–H and O–H groups in total. The van der Waals surface area contributed by atoms with Gasteiger partial charge >= 0.3 is 0 Å². The molecule has 2 rings (SSSR count). The summed E-state index contributed by atoms with van der Waals surface area (Å²) in [6.07, 6.45) is 0.853. The summed E-state index contributed by atoms with van der Waals surface area (Å²) in [7, 11) is 0. The van der Waals surface area contributed by atoms with Crippen LogP contribution < -0.4 is 0 Å². The maximum Gasteiger partial charge on any atom is 0.0438 e. The first-order chi connectivity index (χ1) is 8.72. The van der Waals surface area contributed by atoms with E-state index in [4.69, 9.17) is 23.2 Å². The molecule has 0 aromatic heterocycles. The van der Waals surface area contributed by atoms with Crippen molar-refractivity contribution in [3.63, 3.8) is 0 Å². The van der Waals surface area contributed by atoms with E-state index in [1.54, 1.807) is 0 Å². The van der Waals surface area contributed by atoms with Crippen LogP contribution in [0.25, 0.3) is 0 Å². The fraction of sp³-hybridized carbons (Fsp3) is 0.200. The topological polar surface area (TPSA) is 0 Å². The predicted molar refractivity (Wildman–Crippen MR) is 82.8 cm³/mol. The van der Waals surface area contributed by atoms with Crippen LogP contribution in [0.15, 0.2) is 53.0 Å². The quantitative estimate of drug-likeness (QED) is 0.627. The molecule has 0 aliphatic carbocycles. The van der Waals surface area contributed by atoms with Crippen LogP contribution in [0.2, 0.25) is 5.02 Å². The third kappa shape index (κ3) is 3.28. The molecule has 2 aromatic rings. The number of hydrogen-bond acceptors (Lipinski definition) is 0. The number of benzene rings is 2. The normalized spacial score (nSPS) is 12.4. The van der Waals surface area contributed by atoms with Crippen molar-refractivity contribution in [2.75, 3.05) is 5.88 Å². The van der Waals surface area contributed by atoms with E-state index in [-0.39, 0.29) is 5.92 Å². The van der Waals surface area contributed by atoms with Crippen LogP contribution in [0.1, 0.15) is 17.0 Å². The molecule has 0 spiro atoms. The molecule has 0 saturated carbocycles. The average Bonchev–Trinajstić information content (AvgIpc) is 2.39. The van der Waals surface area contributed by atoms with E-state index in [1.807, 2.05) is 36.4 Å². The van der Waals surface area contributed by atoms with Gasteiger partial charge in [0.05, 0.1) is 0 Å². The summed E-state index contributed by atoms with van der Waals surface area (Å²) in [5, 5.41) is 0.805.